The van der Waals surface area contributed by atoms with E-state index >= 15 is 0 Å². The Kier molecular flexibility index (Phi) is 5.99. The van der Waals surface area contributed by atoms with Crippen molar-refractivity contribution in [2.75, 3.05) is 7.11 Å². The minimum Gasteiger partial charge on any atom is -0.496 e. The Bertz CT molecular complexity index is 757. The standard InChI is InChI=1S/C19H22N2O2/c1-3-4-5-8-13-21-17(12-11-15(14-20)19(21)22)16-9-6-7-10-18(16)23-2/h6-7,9-12H,3-5,8,13H2,1-2H3. The minimum absolute atomic E-state index is 0.180. The topological polar surface area (TPSA) is 55.0 Å². The van der Waals surface area contributed by atoms with Crippen LogP contribution in [0.3, 0.4) is 0 Å². The van der Waals surface area contributed by atoms with E-state index in [1.165, 1.54) is 0 Å². The third-order valence-electron chi connectivity index (χ3n) is 3.91. The molecule has 0 saturated carbocycles. The molecule has 120 valence electrons. The molecule has 0 aliphatic carbocycles. The summed E-state index contributed by atoms with van der Waals surface area (Å²) in [4.78, 5) is 12.6. The van der Waals surface area contributed by atoms with E-state index in [-0.39, 0.29) is 11.1 Å². The molecular weight excluding hydrogens is 288 g/mol. The Hall–Kier alpha value is -2.54. The van der Waals surface area contributed by atoms with Crippen molar-refractivity contribution < 1.29 is 4.74 Å². The molecule has 0 aliphatic heterocycles. The number of nitriles is 1. The van der Waals surface area contributed by atoms with Gasteiger partial charge in [0, 0.05) is 12.1 Å². The summed E-state index contributed by atoms with van der Waals surface area (Å²) in [6.45, 7) is 2.77. The first kappa shape index (κ1) is 16.8. The van der Waals surface area contributed by atoms with Gasteiger partial charge in [0.05, 0.1) is 12.8 Å². The molecule has 0 N–H and O–H groups in total. The van der Waals surface area contributed by atoms with Crippen LogP contribution in [0.4, 0.5) is 0 Å². The fraction of sp³-hybridized carbons (Fsp3) is 0.368. The van der Waals surface area contributed by atoms with Crippen LogP contribution in [0, 0.1) is 11.3 Å². The van der Waals surface area contributed by atoms with E-state index in [1.807, 2.05) is 36.4 Å². The number of para-hydroxylation sites is 1. The maximum Gasteiger partial charge on any atom is 0.268 e. The summed E-state index contributed by atoms with van der Waals surface area (Å²) < 4.78 is 7.11. The van der Waals surface area contributed by atoms with Crippen LogP contribution in [0.15, 0.2) is 41.2 Å². The summed E-state index contributed by atoms with van der Waals surface area (Å²) in [5, 5.41) is 9.13. The number of aromatic nitrogens is 1. The summed E-state index contributed by atoms with van der Waals surface area (Å²) in [6, 6.07) is 13.0. The maximum atomic E-state index is 12.6. The van der Waals surface area contributed by atoms with E-state index in [4.69, 9.17) is 10.00 Å². The molecule has 1 aromatic heterocycles. The van der Waals surface area contributed by atoms with Crippen molar-refractivity contribution in [1.82, 2.24) is 4.57 Å². The lowest BCUT2D eigenvalue weighted by Crippen LogP contribution is -2.24. The first-order valence-electron chi connectivity index (χ1n) is 8.00. The van der Waals surface area contributed by atoms with Gasteiger partial charge in [-0.15, -0.1) is 0 Å². The predicted octanol–water partition coefficient (Wildman–Crippen LogP) is 3.98. The largest absolute Gasteiger partial charge is 0.496 e. The van der Waals surface area contributed by atoms with Crippen LogP contribution < -0.4 is 10.3 Å². The van der Waals surface area contributed by atoms with Gasteiger partial charge in [0.25, 0.3) is 5.56 Å². The molecule has 0 saturated heterocycles. The molecule has 1 heterocycles. The Morgan fingerprint density at radius 1 is 1.13 bits per heavy atom. The average Bonchev–Trinajstić information content (AvgIpc) is 2.59. The minimum atomic E-state index is -0.229. The number of unbranched alkanes of at least 4 members (excludes halogenated alkanes) is 3. The third-order valence-corrected chi connectivity index (χ3v) is 3.91. The monoisotopic (exact) mass is 310 g/mol. The van der Waals surface area contributed by atoms with E-state index < -0.39 is 0 Å². The summed E-state index contributed by atoms with van der Waals surface area (Å²) in [7, 11) is 1.62. The van der Waals surface area contributed by atoms with E-state index in [0.29, 0.717) is 6.54 Å². The van der Waals surface area contributed by atoms with Crippen LogP contribution in [-0.2, 0) is 6.54 Å². The van der Waals surface area contributed by atoms with Gasteiger partial charge in [-0.2, -0.15) is 5.26 Å². The number of methoxy groups -OCH3 is 1. The highest BCUT2D eigenvalue weighted by Crippen LogP contribution is 2.29. The maximum absolute atomic E-state index is 12.6. The quantitative estimate of drug-likeness (QED) is 0.727. The number of pyridine rings is 1. The molecule has 0 spiro atoms. The molecule has 0 bridgehead atoms. The van der Waals surface area contributed by atoms with Crippen molar-refractivity contribution in [2.24, 2.45) is 0 Å². The number of nitrogens with zero attached hydrogens (tertiary/aromatic N) is 2. The number of benzene rings is 1. The number of ether oxygens (including phenoxy) is 1. The number of hydrogen-bond acceptors (Lipinski definition) is 3. The molecule has 0 radical (unpaired) electrons. The molecule has 4 nitrogen and oxygen atoms in total. The fourth-order valence-corrected chi connectivity index (χ4v) is 2.67. The highest BCUT2D eigenvalue weighted by Gasteiger charge is 2.13. The predicted molar refractivity (Wildman–Crippen MR) is 91.5 cm³/mol. The molecule has 1 aromatic carbocycles. The summed E-state index contributed by atoms with van der Waals surface area (Å²) in [5.41, 5.74) is 1.61. The van der Waals surface area contributed by atoms with Gasteiger partial charge in [0.2, 0.25) is 0 Å². The van der Waals surface area contributed by atoms with Crippen LogP contribution >= 0.6 is 0 Å². The van der Waals surface area contributed by atoms with E-state index in [9.17, 15) is 4.79 Å². The molecule has 23 heavy (non-hydrogen) atoms. The van der Waals surface area contributed by atoms with Gasteiger partial charge in [0.1, 0.15) is 17.4 Å². The van der Waals surface area contributed by atoms with Gasteiger partial charge in [-0.1, -0.05) is 38.3 Å². The molecular formula is C19H22N2O2. The second-order valence-electron chi connectivity index (χ2n) is 5.46. The molecule has 0 unspecified atom stereocenters. The van der Waals surface area contributed by atoms with E-state index in [1.54, 1.807) is 17.7 Å². The average molecular weight is 310 g/mol. The fourth-order valence-electron chi connectivity index (χ4n) is 2.67. The van der Waals surface area contributed by atoms with Crippen molar-refractivity contribution in [1.29, 1.82) is 5.26 Å². The zero-order valence-electron chi connectivity index (χ0n) is 13.7. The van der Waals surface area contributed by atoms with Gasteiger partial charge < -0.3 is 9.30 Å². The molecule has 2 aromatic rings. The zero-order valence-corrected chi connectivity index (χ0v) is 13.7. The SMILES string of the molecule is CCCCCCn1c(-c2ccccc2OC)ccc(C#N)c1=O. The lowest BCUT2D eigenvalue weighted by atomic mass is 10.1. The highest BCUT2D eigenvalue weighted by atomic mass is 16.5. The first-order valence-corrected chi connectivity index (χ1v) is 8.00. The molecule has 0 amide bonds. The normalized spacial score (nSPS) is 10.3. The van der Waals surface area contributed by atoms with Gasteiger partial charge in [-0.3, -0.25) is 4.79 Å². The highest BCUT2D eigenvalue weighted by molar-refractivity contribution is 5.68. The van der Waals surface area contributed by atoms with Gasteiger partial charge in [0.15, 0.2) is 0 Å². The third kappa shape index (κ3) is 3.81. The molecule has 0 aliphatic rings. The Morgan fingerprint density at radius 3 is 2.61 bits per heavy atom. The van der Waals surface area contributed by atoms with Gasteiger partial charge >= 0.3 is 0 Å². The van der Waals surface area contributed by atoms with Crippen molar-refractivity contribution >= 4 is 0 Å². The van der Waals surface area contributed by atoms with Crippen LogP contribution in [0.1, 0.15) is 38.2 Å². The molecule has 0 atom stereocenters. The van der Waals surface area contributed by atoms with Crippen LogP contribution in [0.25, 0.3) is 11.3 Å². The van der Waals surface area contributed by atoms with Crippen molar-refractivity contribution in [2.45, 2.75) is 39.2 Å². The van der Waals surface area contributed by atoms with Crippen LogP contribution in [-0.4, -0.2) is 11.7 Å². The second kappa shape index (κ2) is 8.19. The molecule has 0 fully saturated rings. The van der Waals surface area contributed by atoms with Crippen LogP contribution in [0.2, 0.25) is 0 Å². The Balaban J connectivity index is 2.48. The first-order chi connectivity index (χ1) is 11.2. The summed E-state index contributed by atoms with van der Waals surface area (Å²) in [6.07, 6.45) is 4.29. The van der Waals surface area contributed by atoms with Crippen LogP contribution in [0.5, 0.6) is 5.75 Å². The van der Waals surface area contributed by atoms with Crippen molar-refractivity contribution in [3.05, 3.63) is 52.3 Å². The zero-order chi connectivity index (χ0) is 16.7. The molecule has 2 rings (SSSR count). The Labute approximate surface area is 137 Å². The second-order valence-corrected chi connectivity index (χ2v) is 5.46. The lowest BCUT2D eigenvalue weighted by Gasteiger charge is -2.15. The summed E-state index contributed by atoms with van der Waals surface area (Å²) >= 11 is 0. The lowest BCUT2D eigenvalue weighted by molar-refractivity contribution is 0.416. The van der Waals surface area contributed by atoms with E-state index in [0.717, 1.165) is 42.7 Å². The number of rotatable bonds is 7. The van der Waals surface area contributed by atoms with Gasteiger partial charge in [-0.05, 0) is 30.7 Å². The Morgan fingerprint density at radius 2 is 1.91 bits per heavy atom. The van der Waals surface area contributed by atoms with Gasteiger partial charge in [-0.25, -0.2) is 0 Å². The number of hydrogen-bond donors (Lipinski definition) is 0. The van der Waals surface area contributed by atoms with E-state index in [2.05, 4.69) is 6.92 Å². The summed E-state index contributed by atoms with van der Waals surface area (Å²) in [5.74, 6) is 0.721. The molecule has 4 heteroatoms. The smallest absolute Gasteiger partial charge is 0.268 e. The van der Waals surface area contributed by atoms with Crippen molar-refractivity contribution in [3.8, 4) is 23.1 Å². The van der Waals surface area contributed by atoms with Crippen molar-refractivity contribution in [3.63, 3.8) is 0 Å².